The van der Waals surface area contributed by atoms with Gasteiger partial charge in [-0.3, -0.25) is 0 Å². The molecule has 0 amide bonds. The number of likely N-dealkylation sites (N-methyl/N-ethyl adjacent to an activating group) is 1. The minimum atomic E-state index is 0.573. The van der Waals surface area contributed by atoms with Crippen LogP contribution in [0.4, 0.5) is 0 Å². The molecule has 0 bridgehead atoms. The molecule has 1 atom stereocenters. The van der Waals surface area contributed by atoms with Crippen molar-refractivity contribution in [3.63, 3.8) is 0 Å². The summed E-state index contributed by atoms with van der Waals surface area (Å²) >= 11 is 3.73. The van der Waals surface area contributed by atoms with Gasteiger partial charge in [0.05, 0.1) is 4.60 Å². The first-order valence-corrected chi connectivity index (χ1v) is 8.19. The fourth-order valence-corrected chi connectivity index (χ4v) is 3.70. The highest BCUT2D eigenvalue weighted by Crippen LogP contribution is 2.30. The van der Waals surface area contributed by atoms with E-state index in [4.69, 9.17) is 0 Å². The Morgan fingerprint density at radius 1 is 1.40 bits per heavy atom. The van der Waals surface area contributed by atoms with Gasteiger partial charge in [0.15, 0.2) is 0 Å². The van der Waals surface area contributed by atoms with Gasteiger partial charge in [-0.25, -0.2) is 0 Å². The van der Waals surface area contributed by atoms with Crippen molar-refractivity contribution < 1.29 is 0 Å². The van der Waals surface area contributed by atoms with Crippen molar-refractivity contribution in [2.24, 2.45) is 0 Å². The van der Waals surface area contributed by atoms with Crippen molar-refractivity contribution in [2.75, 3.05) is 26.7 Å². The number of benzene rings is 1. The first-order valence-electron chi connectivity index (χ1n) is 7.39. The second-order valence-electron chi connectivity index (χ2n) is 5.65. The molecule has 1 aromatic carbocycles. The van der Waals surface area contributed by atoms with Crippen LogP contribution in [0.1, 0.15) is 18.1 Å². The molecule has 1 saturated heterocycles. The van der Waals surface area contributed by atoms with Crippen molar-refractivity contribution in [3.8, 4) is 0 Å². The fraction of sp³-hybridized carbons (Fsp3) is 0.500. The molecule has 1 unspecified atom stereocenters. The van der Waals surface area contributed by atoms with Crippen molar-refractivity contribution in [1.29, 1.82) is 0 Å². The van der Waals surface area contributed by atoms with Gasteiger partial charge in [0.25, 0.3) is 0 Å². The van der Waals surface area contributed by atoms with Crippen molar-refractivity contribution >= 4 is 26.8 Å². The molecule has 20 heavy (non-hydrogen) atoms. The van der Waals surface area contributed by atoms with E-state index in [2.05, 4.69) is 63.3 Å². The zero-order valence-electron chi connectivity index (χ0n) is 12.2. The number of aryl methyl sites for hydroxylation is 1. The van der Waals surface area contributed by atoms with Gasteiger partial charge in [0.2, 0.25) is 0 Å². The Labute approximate surface area is 128 Å². The molecule has 1 aliphatic rings. The Bertz CT molecular complexity index is 605. The number of aromatic amines is 1. The lowest BCUT2D eigenvalue weighted by molar-refractivity contribution is 0.199. The van der Waals surface area contributed by atoms with E-state index in [9.17, 15) is 0 Å². The summed E-state index contributed by atoms with van der Waals surface area (Å²) in [6.07, 6.45) is 2.14. The van der Waals surface area contributed by atoms with E-state index in [1.807, 2.05) is 0 Å². The summed E-state index contributed by atoms with van der Waals surface area (Å²) in [5.41, 5.74) is 4.10. The quantitative estimate of drug-likeness (QED) is 0.903. The van der Waals surface area contributed by atoms with Gasteiger partial charge in [-0.15, -0.1) is 0 Å². The maximum atomic E-state index is 3.73. The summed E-state index contributed by atoms with van der Waals surface area (Å²) in [7, 11) is 2.23. The number of nitrogens with one attached hydrogen (secondary N) is 2. The largest absolute Gasteiger partial charge is 0.349 e. The number of rotatable bonds is 3. The molecule has 1 fully saturated rings. The molecular formula is C16H22BrN3. The number of piperazine rings is 1. The Morgan fingerprint density at radius 2 is 2.25 bits per heavy atom. The number of hydrogen-bond acceptors (Lipinski definition) is 2. The Morgan fingerprint density at radius 3 is 3.00 bits per heavy atom. The van der Waals surface area contributed by atoms with Gasteiger partial charge in [-0.05, 0) is 46.9 Å². The normalized spacial score (nSPS) is 20.6. The van der Waals surface area contributed by atoms with E-state index in [1.165, 1.54) is 22.0 Å². The Balaban J connectivity index is 1.96. The molecule has 0 saturated carbocycles. The third-order valence-electron chi connectivity index (χ3n) is 4.44. The zero-order chi connectivity index (χ0) is 14.1. The lowest BCUT2D eigenvalue weighted by Crippen LogP contribution is -2.50. The second-order valence-corrected chi connectivity index (χ2v) is 6.45. The van der Waals surface area contributed by atoms with Crippen LogP contribution < -0.4 is 5.32 Å². The standard InChI is InChI=1S/C16H22BrN3/c1-3-11-5-4-6-13-14(16(17)19-15(11)13)9-12-10-18-7-8-20(12)2/h4-6,12,18-19H,3,7-10H2,1-2H3. The SMILES string of the molecule is CCc1cccc2c(CC3CNCCN3C)c(Br)[nH]c12. The molecule has 0 aliphatic carbocycles. The maximum Gasteiger partial charge on any atom is 0.0864 e. The maximum absolute atomic E-state index is 3.73. The minimum absolute atomic E-state index is 0.573. The topological polar surface area (TPSA) is 31.1 Å². The zero-order valence-corrected chi connectivity index (χ0v) is 13.8. The van der Waals surface area contributed by atoms with Crippen molar-refractivity contribution in [2.45, 2.75) is 25.8 Å². The number of para-hydroxylation sites is 1. The first kappa shape index (κ1) is 14.1. The molecule has 2 N–H and O–H groups in total. The molecule has 1 aliphatic heterocycles. The van der Waals surface area contributed by atoms with Gasteiger partial charge in [0, 0.05) is 36.6 Å². The molecule has 0 radical (unpaired) electrons. The van der Waals surface area contributed by atoms with Gasteiger partial charge in [-0.1, -0.05) is 25.1 Å². The van der Waals surface area contributed by atoms with Crippen molar-refractivity contribution in [3.05, 3.63) is 33.9 Å². The number of H-pyrrole nitrogens is 1. The first-order chi connectivity index (χ1) is 9.70. The number of hydrogen-bond donors (Lipinski definition) is 2. The van der Waals surface area contributed by atoms with E-state index < -0.39 is 0 Å². The average molecular weight is 336 g/mol. The van der Waals surface area contributed by atoms with Crippen LogP contribution in [0.5, 0.6) is 0 Å². The van der Waals surface area contributed by atoms with Crippen molar-refractivity contribution in [1.82, 2.24) is 15.2 Å². The minimum Gasteiger partial charge on any atom is -0.349 e. The third kappa shape index (κ3) is 2.52. The van der Waals surface area contributed by atoms with E-state index in [0.717, 1.165) is 37.1 Å². The molecule has 2 aromatic rings. The molecule has 4 heteroatoms. The summed E-state index contributed by atoms with van der Waals surface area (Å²) in [6, 6.07) is 7.20. The lowest BCUT2D eigenvalue weighted by atomic mass is 10.0. The second kappa shape index (κ2) is 5.88. The summed E-state index contributed by atoms with van der Waals surface area (Å²) in [5.74, 6) is 0. The molecular weight excluding hydrogens is 314 g/mol. The summed E-state index contributed by atoms with van der Waals surface area (Å²) in [4.78, 5) is 5.99. The monoisotopic (exact) mass is 335 g/mol. The number of nitrogens with zero attached hydrogens (tertiary/aromatic N) is 1. The molecule has 0 spiro atoms. The van der Waals surface area contributed by atoms with Gasteiger partial charge < -0.3 is 15.2 Å². The Kier molecular flexibility index (Phi) is 4.15. The molecule has 108 valence electrons. The number of halogens is 1. The highest BCUT2D eigenvalue weighted by molar-refractivity contribution is 9.10. The van der Waals surface area contributed by atoms with E-state index in [1.54, 1.807) is 0 Å². The number of fused-ring (bicyclic) bond motifs is 1. The van der Waals surface area contributed by atoms with Gasteiger partial charge in [0.1, 0.15) is 0 Å². The van der Waals surface area contributed by atoms with Crippen LogP contribution in [0.3, 0.4) is 0 Å². The smallest absolute Gasteiger partial charge is 0.0864 e. The third-order valence-corrected chi connectivity index (χ3v) is 5.12. The van der Waals surface area contributed by atoms with E-state index >= 15 is 0 Å². The van der Waals surface area contributed by atoms with Crippen LogP contribution in [0.25, 0.3) is 10.9 Å². The fourth-order valence-electron chi connectivity index (χ4n) is 3.12. The van der Waals surface area contributed by atoms with E-state index in [-0.39, 0.29) is 0 Å². The highest BCUT2D eigenvalue weighted by atomic mass is 79.9. The molecule has 2 heterocycles. The number of aromatic nitrogens is 1. The van der Waals surface area contributed by atoms with E-state index in [0.29, 0.717) is 6.04 Å². The average Bonchev–Trinajstić information content (AvgIpc) is 2.77. The van der Waals surface area contributed by atoms with Crippen LogP contribution in [-0.2, 0) is 12.8 Å². The predicted molar refractivity (Wildman–Crippen MR) is 88.4 cm³/mol. The van der Waals surface area contributed by atoms with Crippen LogP contribution in [0.2, 0.25) is 0 Å². The Hall–Kier alpha value is -0.840. The van der Waals surface area contributed by atoms with Gasteiger partial charge in [-0.2, -0.15) is 0 Å². The lowest BCUT2D eigenvalue weighted by Gasteiger charge is -2.33. The molecule has 3 nitrogen and oxygen atoms in total. The molecule has 3 rings (SSSR count). The van der Waals surface area contributed by atoms with Crippen LogP contribution in [0, 0.1) is 0 Å². The predicted octanol–water partition coefficient (Wildman–Crippen LogP) is 2.94. The summed E-state index contributed by atoms with van der Waals surface area (Å²) < 4.78 is 1.15. The summed E-state index contributed by atoms with van der Waals surface area (Å²) in [6.45, 7) is 5.51. The summed E-state index contributed by atoms with van der Waals surface area (Å²) in [5, 5.41) is 4.87. The van der Waals surface area contributed by atoms with Crippen LogP contribution in [0.15, 0.2) is 22.8 Å². The molecule has 1 aromatic heterocycles. The van der Waals surface area contributed by atoms with Crippen LogP contribution in [-0.4, -0.2) is 42.6 Å². The van der Waals surface area contributed by atoms with Crippen LogP contribution >= 0.6 is 15.9 Å². The van der Waals surface area contributed by atoms with Gasteiger partial charge >= 0.3 is 0 Å². The highest BCUT2D eigenvalue weighted by Gasteiger charge is 2.22.